The number of halogens is 2. The van der Waals surface area contributed by atoms with E-state index in [0.717, 1.165) is 57.5 Å². The molecule has 2 rings (SSSR count). The highest BCUT2D eigenvalue weighted by atomic mass is 127. The molecule has 0 aliphatic carbocycles. The van der Waals surface area contributed by atoms with E-state index in [-0.39, 0.29) is 30.1 Å². The summed E-state index contributed by atoms with van der Waals surface area (Å²) < 4.78 is 16.9. The van der Waals surface area contributed by atoms with Crippen LogP contribution in [0.5, 0.6) is 5.75 Å². The average molecular weight is 512 g/mol. The highest BCUT2D eigenvalue weighted by Crippen LogP contribution is 2.18. The van der Waals surface area contributed by atoms with Crippen LogP contribution in [-0.2, 0) is 9.47 Å². The molecule has 0 aromatic heterocycles. The molecule has 8 heteroatoms. The summed E-state index contributed by atoms with van der Waals surface area (Å²) >= 11 is 5.97. The van der Waals surface area contributed by atoms with Crippen LogP contribution in [0.15, 0.2) is 29.3 Å². The van der Waals surface area contributed by atoms with Gasteiger partial charge in [0.05, 0.1) is 19.8 Å². The van der Waals surface area contributed by atoms with Crippen LogP contribution in [0.3, 0.4) is 0 Å². The first kappa shape index (κ1) is 24.3. The minimum Gasteiger partial charge on any atom is -0.489 e. The molecule has 1 aromatic rings. The first-order chi connectivity index (χ1) is 12.7. The van der Waals surface area contributed by atoms with E-state index in [1.54, 1.807) is 7.05 Å². The number of ether oxygens (including phenoxy) is 3. The second-order valence-corrected chi connectivity index (χ2v) is 6.86. The van der Waals surface area contributed by atoms with Crippen LogP contribution in [0.1, 0.15) is 19.8 Å². The van der Waals surface area contributed by atoms with Crippen molar-refractivity contribution >= 4 is 41.5 Å². The fraction of sp³-hybridized carbons (Fsp3) is 0.632. The number of aliphatic imine (C=N–C) groups is 1. The first-order valence-electron chi connectivity index (χ1n) is 9.19. The maximum absolute atomic E-state index is 5.97. The van der Waals surface area contributed by atoms with Gasteiger partial charge >= 0.3 is 0 Å². The molecule has 1 aromatic carbocycles. The Morgan fingerprint density at radius 3 is 2.96 bits per heavy atom. The zero-order chi connectivity index (χ0) is 18.6. The van der Waals surface area contributed by atoms with Gasteiger partial charge in [0.25, 0.3) is 0 Å². The summed E-state index contributed by atoms with van der Waals surface area (Å²) in [6, 6.07) is 7.41. The molecule has 1 saturated heterocycles. The van der Waals surface area contributed by atoms with E-state index < -0.39 is 0 Å². The van der Waals surface area contributed by atoms with Crippen molar-refractivity contribution < 1.29 is 14.2 Å². The van der Waals surface area contributed by atoms with Crippen LogP contribution < -0.4 is 15.4 Å². The van der Waals surface area contributed by atoms with Crippen molar-refractivity contribution in [2.24, 2.45) is 10.9 Å². The van der Waals surface area contributed by atoms with Crippen LogP contribution in [0, 0.1) is 5.92 Å². The standard InChI is InChI=1S/C19H30ClN3O3.HI/c1-15(26-18-6-3-5-17(20)11-18)12-23-19(21-2)22-8-4-9-24-13-16-7-10-25-14-16;/h3,5-6,11,15-16H,4,7-10,12-14H2,1-2H3,(H2,21,22,23);1H. The van der Waals surface area contributed by atoms with E-state index in [9.17, 15) is 0 Å². The Labute approximate surface area is 184 Å². The van der Waals surface area contributed by atoms with Crippen molar-refractivity contribution in [2.75, 3.05) is 46.6 Å². The minimum atomic E-state index is -0.0102. The zero-order valence-corrected chi connectivity index (χ0v) is 19.2. The van der Waals surface area contributed by atoms with Crippen LogP contribution >= 0.6 is 35.6 Å². The quantitative estimate of drug-likeness (QED) is 0.218. The molecule has 0 radical (unpaired) electrons. The number of hydrogen-bond donors (Lipinski definition) is 2. The molecule has 0 spiro atoms. The number of rotatable bonds is 10. The van der Waals surface area contributed by atoms with Crippen LogP contribution in [-0.4, -0.2) is 58.6 Å². The fourth-order valence-electron chi connectivity index (χ4n) is 2.62. The topological polar surface area (TPSA) is 64.1 Å². The highest BCUT2D eigenvalue weighted by molar-refractivity contribution is 14.0. The maximum atomic E-state index is 5.97. The van der Waals surface area contributed by atoms with E-state index in [1.165, 1.54) is 0 Å². The molecule has 1 fully saturated rings. The molecular formula is C19H31ClIN3O3. The Balaban J connectivity index is 0.00000364. The molecule has 1 heterocycles. The molecule has 0 saturated carbocycles. The van der Waals surface area contributed by atoms with E-state index >= 15 is 0 Å². The summed E-state index contributed by atoms with van der Waals surface area (Å²) in [5, 5.41) is 7.22. The Bertz CT molecular complexity index is 557. The molecule has 2 unspecified atom stereocenters. The van der Waals surface area contributed by atoms with Crippen LogP contribution in [0.25, 0.3) is 0 Å². The molecule has 1 aliphatic rings. The van der Waals surface area contributed by atoms with Crippen molar-refractivity contribution in [2.45, 2.75) is 25.9 Å². The first-order valence-corrected chi connectivity index (χ1v) is 9.57. The lowest BCUT2D eigenvalue weighted by molar-refractivity contribution is 0.0888. The third-order valence-corrected chi connectivity index (χ3v) is 4.28. The minimum absolute atomic E-state index is 0. The van der Waals surface area contributed by atoms with Crippen LogP contribution in [0.2, 0.25) is 5.02 Å². The predicted octanol–water partition coefficient (Wildman–Crippen LogP) is 3.33. The summed E-state index contributed by atoms with van der Waals surface area (Å²) in [7, 11) is 1.76. The van der Waals surface area contributed by atoms with Crippen molar-refractivity contribution in [3.05, 3.63) is 29.3 Å². The van der Waals surface area contributed by atoms with Gasteiger partial charge in [-0.05, 0) is 38.0 Å². The van der Waals surface area contributed by atoms with E-state index in [4.69, 9.17) is 25.8 Å². The van der Waals surface area contributed by atoms with Gasteiger partial charge in [0.2, 0.25) is 0 Å². The monoisotopic (exact) mass is 511 g/mol. The Morgan fingerprint density at radius 2 is 2.26 bits per heavy atom. The van der Waals surface area contributed by atoms with Gasteiger partial charge in [0.1, 0.15) is 11.9 Å². The van der Waals surface area contributed by atoms with Gasteiger partial charge in [0, 0.05) is 37.7 Å². The average Bonchev–Trinajstić information content (AvgIpc) is 3.14. The van der Waals surface area contributed by atoms with E-state index in [2.05, 4.69) is 15.6 Å². The Hall–Kier alpha value is -0.770. The smallest absolute Gasteiger partial charge is 0.191 e. The summed E-state index contributed by atoms with van der Waals surface area (Å²) in [6.07, 6.45) is 2.04. The number of nitrogens with one attached hydrogen (secondary N) is 2. The molecule has 154 valence electrons. The van der Waals surface area contributed by atoms with Crippen molar-refractivity contribution in [3.63, 3.8) is 0 Å². The largest absolute Gasteiger partial charge is 0.489 e. The lowest BCUT2D eigenvalue weighted by Gasteiger charge is -2.18. The van der Waals surface area contributed by atoms with Gasteiger partial charge < -0.3 is 24.8 Å². The molecule has 27 heavy (non-hydrogen) atoms. The van der Waals surface area contributed by atoms with E-state index in [1.807, 2.05) is 31.2 Å². The van der Waals surface area contributed by atoms with Gasteiger partial charge in [0.15, 0.2) is 5.96 Å². The maximum Gasteiger partial charge on any atom is 0.191 e. The highest BCUT2D eigenvalue weighted by Gasteiger charge is 2.15. The van der Waals surface area contributed by atoms with Gasteiger partial charge in [-0.2, -0.15) is 0 Å². The fourth-order valence-corrected chi connectivity index (χ4v) is 2.80. The normalized spacial score (nSPS) is 17.9. The number of nitrogens with zero attached hydrogens (tertiary/aromatic N) is 1. The van der Waals surface area contributed by atoms with Gasteiger partial charge in [-0.3, -0.25) is 4.99 Å². The Morgan fingerprint density at radius 1 is 1.41 bits per heavy atom. The second kappa shape index (κ2) is 14.3. The number of guanidine groups is 1. The SMILES string of the molecule is CN=C(NCCCOCC1CCOC1)NCC(C)Oc1cccc(Cl)c1.I. The molecule has 1 aliphatic heterocycles. The number of benzene rings is 1. The van der Waals surface area contributed by atoms with Gasteiger partial charge in [-0.1, -0.05) is 17.7 Å². The number of hydrogen-bond acceptors (Lipinski definition) is 4. The zero-order valence-electron chi connectivity index (χ0n) is 16.1. The van der Waals surface area contributed by atoms with Crippen LogP contribution in [0.4, 0.5) is 0 Å². The molecule has 0 amide bonds. The van der Waals surface area contributed by atoms with Gasteiger partial charge in [-0.25, -0.2) is 0 Å². The van der Waals surface area contributed by atoms with E-state index in [0.29, 0.717) is 17.5 Å². The summed E-state index contributed by atoms with van der Waals surface area (Å²) in [5.74, 6) is 2.09. The molecule has 0 bridgehead atoms. The predicted molar refractivity (Wildman–Crippen MR) is 121 cm³/mol. The third-order valence-electron chi connectivity index (χ3n) is 4.05. The summed E-state index contributed by atoms with van der Waals surface area (Å²) in [4.78, 5) is 4.22. The lowest BCUT2D eigenvalue weighted by Crippen LogP contribution is -2.42. The molecule has 2 atom stereocenters. The van der Waals surface area contributed by atoms with Gasteiger partial charge in [-0.15, -0.1) is 24.0 Å². The summed E-state index contributed by atoms with van der Waals surface area (Å²) in [6.45, 7) is 6.71. The third kappa shape index (κ3) is 10.4. The molecule has 2 N–H and O–H groups in total. The summed E-state index contributed by atoms with van der Waals surface area (Å²) in [5.41, 5.74) is 0. The lowest BCUT2D eigenvalue weighted by atomic mass is 10.1. The molecular weight excluding hydrogens is 481 g/mol. The second-order valence-electron chi connectivity index (χ2n) is 6.42. The van der Waals surface area contributed by atoms with Crippen molar-refractivity contribution in [1.82, 2.24) is 10.6 Å². The van der Waals surface area contributed by atoms with Crippen molar-refractivity contribution in [1.29, 1.82) is 0 Å². The Kier molecular flexibility index (Phi) is 12.8. The van der Waals surface area contributed by atoms with Crippen molar-refractivity contribution in [3.8, 4) is 5.75 Å². The molecule has 6 nitrogen and oxygen atoms in total.